The van der Waals surface area contributed by atoms with Gasteiger partial charge in [-0.05, 0) is 55.8 Å². The lowest BCUT2D eigenvalue weighted by atomic mass is 9.44. The Kier molecular flexibility index (Phi) is 2.54. The second kappa shape index (κ2) is 4.09. The molecule has 2 atom stereocenters. The predicted octanol–water partition coefficient (Wildman–Crippen LogP) is 2.63. The highest BCUT2D eigenvalue weighted by Gasteiger charge is 2.58. The molecular formula is C16H23N3O. The van der Waals surface area contributed by atoms with Crippen LogP contribution in [0, 0.1) is 22.7 Å². The van der Waals surface area contributed by atoms with Crippen molar-refractivity contribution in [1.29, 1.82) is 0 Å². The number of nitrogens with zero attached hydrogens (tertiary/aromatic N) is 1. The minimum atomic E-state index is -0.0669. The second-order valence-corrected chi connectivity index (χ2v) is 7.84. The molecule has 1 heterocycles. The topological polar surface area (TPSA) is 57.8 Å². The number of H-pyrrole nitrogens is 1. The Morgan fingerprint density at radius 2 is 2.15 bits per heavy atom. The van der Waals surface area contributed by atoms with Gasteiger partial charge in [0.25, 0.3) is 0 Å². The zero-order chi connectivity index (χ0) is 13.8. The number of hydrogen-bond acceptors (Lipinski definition) is 2. The van der Waals surface area contributed by atoms with Crippen LogP contribution in [0.3, 0.4) is 0 Å². The van der Waals surface area contributed by atoms with Crippen molar-refractivity contribution in [1.82, 2.24) is 15.5 Å². The molecule has 0 spiro atoms. The molecule has 0 aliphatic heterocycles. The fraction of sp³-hybridized carbons (Fsp3) is 0.750. The maximum absolute atomic E-state index is 12.8. The molecule has 4 bridgehead atoms. The third-order valence-electron chi connectivity index (χ3n) is 5.84. The zero-order valence-electron chi connectivity index (χ0n) is 12.1. The normalized spacial score (nSPS) is 41.9. The van der Waals surface area contributed by atoms with Crippen molar-refractivity contribution in [3.8, 4) is 0 Å². The van der Waals surface area contributed by atoms with Crippen LogP contribution in [0.4, 0.5) is 0 Å². The Morgan fingerprint density at radius 1 is 1.40 bits per heavy atom. The van der Waals surface area contributed by atoms with E-state index in [1.807, 2.05) is 6.20 Å². The summed E-state index contributed by atoms with van der Waals surface area (Å²) in [6, 6.07) is 0. The SMILES string of the molecule is CC12CC3CC(C1)CC(C(=O)NCc1cn[nH]c1)(C3)C2. The van der Waals surface area contributed by atoms with Crippen LogP contribution in [0.2, 0.25) is 0 Å². The van der Waals surface area contributed by atoms with Gasteiger partial charge in [0, 0.05) is 18.3 Å². The number of amides is 1. The summed E-state index contributed by atoms with van der Waals surface area (Å²) in [7, 11) is 0. The summed E-state index contributed by atoms with van der Waals surface area (Å²) in [6.45, 7) is 3.01. The van der Waals surface area contributed by atoms with Gasteiger partial charge < -0.3 is 5.32 Å². The summed E-state index contributed by atoms with van der Waals surface area (Å²) in [5.74, 6) is 1.88. The van der Waals surface area contributed by atoms with Crippen LogP contribution in [-0.2, 0) is 11.3 Å². The molecule has 1 aromatic rings. The number of aromatic amines is 1. The quantitative estimate of drug-likeness (QED) is 0.889. The molecule has 4 fully saturated rings. The Balaban J connectivity index is 1.51. The molecule has 4 aliphatic carbocycles. The van der Waals surface area contributed by atoms with Crippen LogP contribution in [-0.4, -0.2) is 16.1 Å². The van der Waals surface area contributed by atoms with Gasteiger partial charge in [0.05, 0.1) is 11.6 Å². The van der Waals surface area contributed by atoms with Gasteiger partial charge in [-0.25, -0.2) is 0 Å². The van der Waals surface area contributed by atoms with E-state index in [0.717, 1.165) is 36.7 Å². The molecular weight excluding hydrogens is 250 g/mol. The summed E-state index contributed by atoms with van der Waals surface area (Å²) in [5, 5.41) is 9.88. The maximum atomic E-state index is 12.8. The zero-order valence-corrected chi connectivity index (χ0v) is 12.1. The minimum absolute atomic E-state index is 0.0669. The lowest BCUT2D eigenvalue weighted by molar-refractivity contribution is -0.155. The summed E-state index contributed by atoms with van der Waals surface area (Å²) in [5.41, 5.74) is 1.41. The van der Waals surface area contributed by atoms with Crippen molar-refractivity contribution in [3.63, 3.8) is 0 Å². The van der Waals surface area contributed by atoms with Crippen molar-refractivity contribution < 1.29 is 4.79 Å². The van der Waals surface area contributed by atoms with Gasteiger partial charge in [0.2, 0.25) is 5.91 Å². The molecule has 2 N–H and O–H groups in total. The lowest BCUT2D eigenvalue weighted by Crippen LogP contribution is -2.56. The van der Waals surface area contributed by atoms with Crippen LogP contribution in [0.5, 0.6) is 0 Å². The fourth-order valence-electron chi connectivity index (χ4n) is 5.73. The predicted molar refractivity (Wildman–Crippen MR) is 75.7 cm³/mol. The molecule has 5 rings (SSSR count). The van der Waals surface area contributed by atoms with E-state index in [1.165, 1.54) is 19.3 Å². The third kappa shape index (κ3) is 1.88. The Bertz CT molecular complexity index is 508. The molecule has 1 aromatic heterocycles. The number of carbonyl (C=O) groups excluding carboxylic acids is 1. The summed E-state index contributed by atoms with van der Waals surface area (Å²) in [6.07, 6.45) is 11.0. The van der Waals surface area contributed by atoms with Gasteiger partial charge >= 0.3 is 0 Å². The van der Waals surface area contributed by atoms with Crippen molar-refractivity contribution in [2.75, 3.05) is 0 Å². The van der Waals surface area contributed by atoms with Crippen molar-refractivity contribution in [3.05, 3.63) is 18.0 Å². The van der Waals surface area contributed by atoms with Crippen molar-refractivity contribution in [2.45, 2.75) is 52.0 Å². The molecule has 1 amide bonds. The summed E-state index contributed by atoms with van der Waals surface area (Å²) >= 11 is 0. The maximum Gasteiger partial charge on any atom is 0.226 e. The second-order valence-electron chi connectivity index (χ2n) is 7.84. The molecule has 4 aliphatic rings. The van der Waals surface area contributed by atoms with Crippen LogP contribution in [0.1, 0.15) is 51.0 Å². The number of rotatable bonds is 3. The smallest absolute Gasteiger partial charge is 0.226 e. The average molecular weight is 273 g/mol. The first-order valence-corrected chi connectivity index (χ1v) is 7.83. The number of nitrogens with one attached hydrogen (secondary N) is 2. The van der Waals surface area contributed by atoms with Gasteiger partial charge in [-0.1, -0.05) is 6.92 Å². The van der Waals surface area contributed by atoms with Gasteiger partial charge in [-0.15, -0.1) is 0 Å². The number of hydrogen-bond donors (Lipinski definition) is 2. The molecule has 108 valence electrons. The molecule has 2 unspecified atom stereocenters. The van der Waals surface area contributed by atoms with Crippen LogP contribution >= 0.6 is 0 Å². The molecule has 4 heteroatoms. The first-order chi connectivity index (χ1) is 9.57. The van der Waals surface area contributed by atoms with Crippen LogP contribution in [0.15, 0.2) is 12.4 Å². The lowest BCUT2D eigenvalue weighted by Gasteiger charge is -2.60. The Hall–Kier alpha value is -1.32. The van der Waals surface area contributed by atoms with Gasteiger partial charge in [-0.3, -0.25) is 9.89 Å². The van der Waals surface area contributed by atoms with E-state index >= 15 is 0 Å². The first-order valence-electron chi connectivity index (χ1n) is 7.83. The Labute approximate surface area is 119 Å². The van der Waals surface area contributed by atoms with E-state index in [1.54, 1.807) is 6.20 Å². The Morgan fingerprint density at radius 3 is 2.75 bits per heavy atom. The number of carbonyl (C=O) groups is 1. The minimum Gasteiger partial charge on any atom is -0.351 e. The van der Waals surface area contributed by atoms with Crippen molar-refractivity contribution in [2.24, 2.45) is 22.7 Å². The van der Waals surface area contributed by atoms with Crippen LogP contribution in [0.25, 0.3) is 0 Å². The number of aromatic nitrogens is 2. The molecule has 20 heavy (non-hydrogen) atoms. The van der Waals surface area contributed by atoms with Crippen molar-refractivity contribution >= 4 is 5.91 Å². The van der Waals surface area contributed by atoms with Gasteiger partial charge in [0.15, 0.2) is 0 Å². The van der Waals surface area contributed by atoms with E-state index in [-0.39, 0.29) is 5.41 Å². The van der Waals surface area contributed by atoms with E-state index in [0.29, 0.717) is 17.9 Å². The molecule has 0 saturated heterocycles. The van der Waals surface area contributed by atoms with Gasteiger partial charge in [-0.2, -0.15) is 5.10 Å². The molecule has 0 radical (unpaired) electrons. The fourth-order valence-corrected chi connectivity index (χ4v) is 5.73. The highest BCUT2D eigenvalue weighted by molar-refractivity contribution is 5.83. The highest BCUT2D eigenvalue weighted by atomic mass is 16.2. The van der Waals surface area contributed by atoms with E-state index < -0.39 is 0 Å². The standard InChI is InChI=1S/C16H23N3O/c1-15-3-11-2-12(4-15)6-16(5-11,10-15)14(20)17-7-13-8-18-19-9-13/h8-9,11-12H,2-7,10H2,1H3,(H,17,20)(H,18,19). The third-order valence-corrected chi connectivity index (χ3v) is 5.84. The van der Waals surface area contributed by atoms with Crippen LogP contribution < -0.4 is 5.32 Å². The molecule has 4 nitrogen and oxygen atoms in total. The average Bonchev–Trinajstić information content (AvgIpc) is 2.85. The first kappa shape index (κ1) is 12.4. The summed E-state index contributed by atoms with van der Waals surface area (Å²) in [4.78, 5) is 12.8. The largest absolute Gasteiger partial charge is 0.351 e. The summed E-state index contributed by atoms with van der Waals surface area (Å²) < 4.78 is 0. The van der Waals surface area contributed by atoms with E-state index in [9.17, 15) is 4.79 Å². The highest BCUT2D eigenvalue weighted by Crippen LogP contribution is 2.65. The molecule has 4 saturated carbocycles. The van der Waals surface area contributed by atoms with E-state index in [2.05, 4.69) is 22.4 Å². The monoisotopic (exact) mass is 273 g/mol. The molecule has 0 aromatic carbocycles. The van der Waals surface area contributed by atoms with E-state index in [4.69, 9.17) is 0 Å². The van der Waals surface area contributed by atoms with Gasteiger partial charge in [0.1, 0.15) is 0 Å².